The van der Waals surface area contributed by atoms with Gasteiger partial charge in [-0.1, -0.05) is 30.7 Å². The summed E-state index contributed by atoms with van der Waals surface area (Å²) < 4.78 is 15.2. The lowest BCUT2D eigenvalue weighted by Gasteiger charge is -2.11. The first-order valence-corrected chi connectivity index (χ1v) is 9.10. The zero-order chi connectivity index (χ0) is 21.2. The van der Waals surface area contributed by atoms with E-state index in [-0.39, 0.29) is 17.9 Å². The van der Waals surface area contributed by atoms with Gasteiger partial charge in [0.1, 0.15) is 11.5 Å². The molecule has 0 saturated carbocycles. The van der Waals surface area contributed by atoms with Crippen LogP contribution in [0.2, 0.25) is 5.02 Å². The number of esters is 1. The van der Waals surface area contributed by atoms with Crippen molar-refractivity contribution < 1.29 is 28.6 Å². The molecule has 9 heteroatoms. The highest BCUT2D eigenvalue weighted by atomic mass is 35.5. The Hall–Kier alpha value is -3.26. The van der Waals surface area contributed by atoms with Gasteiger partial charge < -0.3 is 14.2 Å². The molecular weight excluding hydrogens is 400 g/mol. The summed E-state index contributed by atoms with van der Waals surface area (Å²) >= 11 is 5.86. The number of benzene rings is 2. The number of rotatable bonds is 8. The predicted molar refractivity (Wildman–Crippen MR) is 106 cm³/mol. The fourth-order valence-corrected chi connectivity index (χ4v) is 2.41. The molecule has 0 aliphatic carbocycles. The molecule has 2 aromatic rings. The van der Waals surface area contributed by atoms with Gasteiger partial charge in [0.05, 0.1) is 12.7 Å². The van der Waals surface area contributed by atoms with Gasteiger partial charge in [0.25, 0.3) is 11.8 Å². The monoisotopic (exact) mass is 420 g/mol. The van der Waals surface area contributed by atoms with Crippen molar-refractivity contribution in [1.82, 2.24) is 10.9 Å². The lowest BCUT2D eigenvalue weighted by molar-refractivity contribution is -0.150. The minimum absolute atomic E-state index is 0.139. The number of methoxy groups -OCH3 is 1. The molecule has 0 spiro atoms. The maximum atomic E-state index is 12.1. The minimum atomic E-state index is -0.722. The fraction of sp³-hybridized carbons (Fsp3) is 0.250. The summed E-state index contributed by atoms with van der Waals surface area (Å²) in [5, 5.41) is 0.334. The average molecular weight is 421 g/mol. The summed E-state index contributed by atoms with van der Waals surface area (Å²) in [6, 6.07) is 11.8. The summed E-state index contributed by atoms with van der Waals surface area (Å²) in [5.74, 6) is -1.27. The Bertz CT molecular complexity index is 870. The molecule has 0 heterocycles. The molecule has 0 aromatic heterocycles. The zero-order valence-corrected chi connectivity index (χ0v) is 16.7. The number of amides is 2. The first kappa shape index (κ1) is 22.0. The Morgan fingerprint density at radius 1 is 1.00 bits per heavy atom. The molecular formula is C20H21ClN2O6. The zero-order valence-electron chi connectivity index (χ0n) is 16.0. The van der Waals surface area contributed by atoms with Crippen molar-refractivity contribution in [1.29, 1.82) is 0 Å². The van der Waals surface area contributed by atoms with Crippen LogP contribution in [0.1, 0.15) is 22.8 Å². The number of hydrogen-bond donors (Lipinski definition) is 2. The van der Waals surface area contributed by atoms with Crippen LogP contribution in [0.25, 0.3) is 0 Å². The number of carbonyl (C=O) groups excluding carboxylic acids is 3. The number of aryl methyl sites for hydroxylation is 1. The van der Waals surface area contributed by atoms with Crippen molar-refractivity contribution in [2.75, 3.05) is 20.3 Å². The van der Waals surface area contributed by atoms with Crippen LogP contribution in [0, 0.1) is 0 Å². The van der Waals surface area contributed by atoms with Crippen LogP contribution in [0.5, 0.6) is 11.5 Å². The van der Waals surface area contributed by atoms with Crippen molar-refractivity contribution >= 4 is 29.4 Å². The van der Waals surface area contributed by atoms with Gasteiger partial charge in [-0.3, -0.25) is 20.4 Å². The summed E-state index contributed by atoms with van der Waals surface area (Å²) in [7, 11) is 1.40. The molecule has 2 rings (SSSR count). The molecule has 2 amide bonds. The minimum Gasteiger partial charge on any atom is -0.496 e. The van der Waals surface area contributed by atoms with Gasteiger partial charge in [-0.25, -0.2) is 4.79 Å². The summed E-state index contributed by atoms with van der Waals surface area (Å²) in [6.07, 6.45) is 0.901. The summed E-state index contributed by atoms with van der Waals surface area (Å²) in [6.45, 7) is 1.11. The standard InChI is InChI=1S/C20H21ClN2O6/c1-3-13-4-7-15(8-5-13)28-12-19(25)29-11-18(24)22-23-20(26)16-10-14(21)6-9-17(16)27-2/h4-10H,3,11-12H2,1-2H3,(H,22,24)(H,23,26). The van der Waals surface area contributed by atoms with Crippen LogP contribution >= 0.6 is 11.6 Å². The van der Waals surface area contributed by atoms with Gasteiger partial charge in [-0.05, 0) is 42.3 Å². The maximum Gasteiger partial charge on any atom is 0.344 e. The number of hydrazine groups is 1. The van der Waals surface area contributed by atoms with Gasteiger partial charge in [0.2, 0.25) is 0 Å². The van der Waals surface area contributed by atoms with E-state index in [2.05, 4.69) is 10.9 Å². The van der Waals surface area contributed by atoms with E-state index in [1.54, 1.807) is 18.2 Å². The predicted octanol–water partition coefficient (Wildman–Crippen LogP) is 2.29. The van der Waals surface area contributed by atoms with Crippen molar-refractivity contribution in [3.63, 3.8) is 0 Å². The third kappa shape index (κ3) is 7.00. The fourth-order valence-electron chi connectivity index (χ4n) is 2.24. The Kier molecular flexibility index (Phi) is 8.29. The van der Waals surface area contributed by atoms with Gasteiger partial charge in [-0.2, -0.15) is 0 Å². The highest BCUT2D eigenvalue weighted by Crippen LogP contribution is 2.22. The van der Waals surface area contributed by atoms with Crippen LogP contribution < -0.4 is 20.3 Å². The Labute approximate surface area is 173 Å². The van der Waals surface area contributed by atoms with E-state index in [1.165, 1.54) is 19.2 Å². The molecule has 2 aromatic carbocycles. The molecule has 0 radical (unpaired) electrons. The molecule has 0 aliphatic heterocycles. The highest BCUT2D eigenvalue weighted by Gasteiger charge is 2.14. The van der Waals surface area contributed by atoms with Gasteiger partial charge >= 0.3 is 5.97 Å². The van der Waals surface area contributed by atoms with Crippen LogP contribution in [-0.4, -0.2) is 38.1 Å². The highest BCUT2D eigenvalue weighted by molar-refractivity contribution is 6.31. The molecule has 154 valence electrons. The van der Waals surface area contributed by atoms with E-state index in [9.17, 15) is 14.4 Å². The number of nitrogens with one attached hydrogen (secondary N) is 2. The molecule has 0 fully saturated rings. The topological polar surface area (TPSA) is 103 Å². The number of carbonyl (C=O) groups is 3. The molecule has 0 saturated heterocycles. The van der Waals surface area contributed by atoms with Gasteiger partial charge in [-0.15, -0.1) is 0 Å². The normalized spacial score (nSPS) is 10.0. The first-order chi connectivity index (χ1) is 13.9. The molecule has 8 nitrogen and oxygen atoms in total. The molecule has 0 bridgehead atoms. The van der Waals surface area contributed by atoms with E-state index in [4.69, 9.17) is 25.8 Å². The van der Waals surface area contributed by atoms with E-state index in [0.29, 0.717) is 10.8 Å². The molecule has 2 N–H and O–H groups in total. The first-order valence-electron chi connectivity index (χ1n) is 8.73. The SMILES string of the molecule is CCc1ccc(OCC(=O)OCC(=O)NNC(=O)c2cc(Cl)ccc2OC)cc1. The number of hydrogen-bond acceptors (Lipinski definition) is 6. The Morgan fingerprint density at radius 2 is 1.72 bits per heavy atom. The van der Waals surface area contributed by atoms with Crippen molar-refractivity contribution in [3.8, 4) is 11.5 Å². The van der Waals surface area contributed by atoms with Crippen molar-refractivity contribution in [2.45, 2.75) is 13.3 Å². The molecule has 0 aliphatic rings. The van der Waals surface area contributed by atoms with Crippen LogP contribution in [0.4, 0.5) is 0 Å². The summed E-state index contributed by atoms with van der Waals surface area (Å²) in [5.41, 5.74) is 5.62. The third-order valence-corrected chi connectivity index (χ3v) is 4.01. The molecule has 29 heavy (non-hydrogen) atoms. The maximum absolute atomic E-state index is 12.1. The lowest BCUT2D eigenvalue weighted by Crippen LogP contribution is -2.43. The second kappa shape index (κ2) is 10.9. The average Bonchev–Trinajstić information content (AvgIpc) is 2.74. The number of ether oxygens (including phenoxy) is 3. The largest absolute Gasteiger partial charge is 0.496 e. The van der Waals surface area contributed by atoms with E-state index in [0.717, 1.165) is 12.0 Å². The Morgan fingerprint density at radius 3 is 2.38 bits per heavy atom. The van der Waals surface area contributed by atoms with Gasteiger partial charge in [0.15, 0.2) is 13.2 Å². The quantitative estimate of drug-likeness (QED) is 0.501. The molecule has 0 unspecified atom stereocenters. The van der Waals surface area contributed by atoms with E-state index < -0.39 is 24.4 Å². The lowest BCUT2D eigenvalue weighted by atomic mass is 10.2. The smallest absolute Gasteiger partial charge is 0.344 e. The van der Waals surface area contributed by atoms with Crippen LogP contribution in [0.15, 0.2) is 42.5 Å². The molecule has 0 atom stereocenters. The van der Waals surface area contributed by atoms with Crippen LogP contribution in [-0.2, 0) is 20.7 Å². The second-order valence-electron chi connectivity index (χ2n) is 5.79. The van der Waals surface area contributed by atoms with Crippen LogP contribution in [0.3, 0.4) is 0 Å². The number of halogens is 1. The van der Waals surface area contributed by atoms with Crippen molar-refractivity contribution in [3.05, 3.63) is 58.6 Å². The van der Waals surface area contributed by atoms with E-state index >= 15 is 0 Å². The van der Waals surface area contributed by atoms with Gasteiger partial charge in [0, 0.05) is 5.02 Å². The van der Waals surface area contributed by atoms with Crippen molar-refractivity contribution in [2.24, 2.45) is 0 Å². The Balaban J connectivity index is 1.73. The third-order valence-electron chi connectivity index (χ3n) is 3.77. The second-order valence-corrected chi connectivity index (χ2v) is 6.23. The summed E-state index contributed by atoms with van der Waals surface area (Å²) in [4.78, 5) is 35.6. The van der Waals surface area contributed by atoms with E-state index in [1.807, 2.05) is 19.1 Å².